The number of rotatable bonds is 2. The van der Waals surface area contributed by atoms with E-state index in [-0.39, 0.29) is 12.5 Å². The lowest BCUT2D eigenvalue weighted by atomic mass is 9.90. The van der Waals surface area contributed by atoms with Gasteiger partial charge in [-0.3, -0.25) is 4.79 Å². The molecule has 0 radical (unpaired) electrons. The molecule has 1 rings (SSSR count). The minimum absolute atomic E-state index is 0.0255. The van der Waals surface area contributed by atoms with Crippen LogP contribution in [0.3, 0.4) is 0 Å². The fourth-order valence-electron chi connectivity index (χ4n) is 1.42. The Labute approximate surface area is 67.0 Å². The SMILES string of the molecule is CCN1CCC(C)(CO)C1=O. The maximum absolute atomic E-state index is 11.5. The Hall–Kier alpha value is -0.570. The van der Waals surface area contributed by atoms with Gasteiger partial charge in [0.1, 0.15) is 0 Å². The Bertz CT molecular complexity index is 169. The van der Waals surface area contributed by atoms with E-state index in [0.29, 0.717) is 0 Å². The van der Waals surface area contributed by atoms with Crippen LogP contribution in [0.25, 0.3) is 0 Å². The molecular weight excluding hydrogens is 142 g/mol. The van der Waals surface area contributed by atoms with Crippen LogP contribution < -0.4 is 0 Å². The molecule has 11 heavy (non-hydrogen) atoms. The highest BCUT2D eigenvalue weighted by molar-refractivity contribution is 5.84. The minimum Gasteiger partial charge on any atom is -0.395 e. The van der Waals surface area contributed by atoms with E-state index in [0.717, 1.165) is 19.5 Å². The van der Waals surface area contributed by atoms with Crippen LogP contribution in [0.4, 0.5) is 0 Å². The van der Waals surface area contributed by atoms with E-state index in [1.807, 2.05) is 13.8 Å². The predicted octanol–water partition coefficient (Wildman–Crippen LogP) is 0.237. The highest BCUT2D eigenvalue weighted by Crippen LogP contribution is 2.30. The van der Waals surface area contributed by atoms with Crippen LogP contribution in [0.15, 0.2) is 0 Å². The Balaban J connectivity index is 2.69. The van der Waals surface area contributed by atoms with Gasteiger partial charge in [0.2, 0.25) is 5.91 Å². The number of likely N-dealkylation sites (tertiary alicyclic amines) is 1. The molecule has 1 fully saturated rings. The van der Waals surface area contributed by atoms with Gasteiger partial charge in [-0.05, 0) is 20.3 Å². The summed E-state index contributed by atoms with van der Waals surface area (Å²) in [6.07, 6.45) is 0.788. The van der Waals surface area contributed by atoms with Crippen molar-refractivity contribution in [2.24, 2.45) is 5.41 Å². The summed E-state index contributed by atoms with van der Waals surface area (Å²) in [6, 6.07) is 0. The molecule has 1 aliphatic rings. The van der Waals surface area contributed by atoms with Crippen LogP contribution in [0.5, 0.6) is 0 Å². The molecule has 1 N–H and O–H groups in total. The lowest BCUT2D eigenvalue weighted by molar-refractivity contribution is -0.136. The molecule has 0 saturated carbocycles. The Morgan fingerprint density at radius 1 is 1.73 bits per heavy atom. The second-order valence-electron chi connectivity index (χ2n) is 3.35. The molecule has 3 heteroatoms. The van der Waals surface area contributed by atoms with Gasteiger partial charge in [-0.15, -0.1) is 0 Å². The van der Waals surface area contributed by atoms with Crippen molar-refractivity contribution in [1.29, 1.82) is 0 Å². The first-order chi connectivity index (χ1) is 5.14. The van der Waals surface area contributed by atoms with Crippen molar-refractivity contribution in [2.75, 3.05) is 19.7 Å². The average Bonchev–Trinajstić information content (AvgIpc) is 2.31. The van der Waals surface area contributed by atoms with E-state index in [9.17, 15) is 4.79 Å². The first-order valence-corrected chi connectivity index (χ1v) is 4.04. The molecule has 1 aliphatic heterocycles. The van der Waals surface area contributed by atoms with Crippen LogP contribution in [-0.2, 0) is 4.79 Å². The Morgan fingerprint density at radius 2 is 2.36 bits per heavy atom. The Morgan fingerprint density at radius 3 is 2.64 bits per heavy atom. The lowest BCUT2D eigenvalue weighted by Crippen LogP contribution is -2.34. The molecule has 1 amide bonds. The van der Waals surface area contributed by atoms with Crippen molar-refractivity contribution in [3.05, 3.63) is 0 Å². The van der Waals surface area contributed by atoms with Crippen molar-refractivity contribution < 1.29 is 9.90 Å². The molecule has 1 saturated heterocycles. The number of hydrogen-bond donors (Lipinski definition) is 1. The summed E-state index contributed by atoms with van der Waals surface area (Å²) in [5, 5.41) is 8.96. The van der Waals surface area contributed by atoms with E-state index in [1.54, 1.807) is 4.90 Å². The summed E-state index contributed by atoms with van der Waals surface area (Å²) in [4.78, 5) is 13.2. The van der Waals surface area contributed by atoms with Crippen molar-refractivity contribution in [1.82, 2.24) is 4.90 Å². The van der Waals surface area contributed by atoms with Crippen molar-refractivity contribution >= 4 is 5.91 Å². The number of aliphatic hydroxyl groups excluding tert-OH is 1. The molecule has 0 aromatic rings. The fourth-order valence-corrected chi connectivity index (χ4v) is 1.42. The van der Waals surface area contributed by atoms with Crippen LogP contribution in [0.2, 0.25) is 0 Å². The number of hydrogen-bond acceptors (Lipinski definition) is 2. The molecule has 0 bridgehead atoms. The van der Waals surface area contributed by atoms with Crippen molar-refractivity contribution in [3.8, 4) is 0 Å². The monoisotopic (exact) mass is 157 g/mol. The number of aliphatic hydroxyl groups is 1. The highest BCUT2D eigenvalue weighted by atomic mass is 16.3. The van der Waals surface area contributed by atoms with Crippen molar-refractivity contribution in [3.63, 3.8) is 0 Å². The molecule has 1 atom stereocenters. The fraction of sp³-hybridized carbons (Fsp3) is 0.875. The second-order valence-corrected chi connectivity index (χ2v) is 3.35. The molecule has 0 spiro atoms. The molecule has 1 heterocycles. The van der Waals surface area contributed by atoms with E-state index < -0.39 is 5.41 Å². The van der Waals surface area contributed by atoms with Gasteiger partial charge in [0.25, 0.3) is 0 Å². The van der Waals surface area contributed by atoms with Gasteiger partial charge in [0, 0.05) is 13.1 Å². The number of nitrogens with zero attached hydrogens (tertiary/aromatic N) is 1. The molecule has 1 unspecified atom stereocenters. The zero-order valence-electron chi connectivity index (χ0n) is 7.13. The highest BCUT2D eigenvalue weighted by Gasteiger charge is 2.41. The van der Waals surface area contributed by atoms with Gasteiger partial charge in [-0.1, -0.05) is 0 Å². The second kappa shape index (κ2) is 2.81. The van der Waals surface area contributed by atoms with Gasteiger partial charge in [-0.25, -0.2) is 0 Å². The first-order valence-electron chi connectivity index (χ1n) is 4.04. The summed E-state index contributed by atoms with van der Waals surface area (Å²) in [5.74, 6) is 0.0995. The zero-order valence-corrected chi connectivity index (χ0v) is 7.13. The van der Waals surface area contributed by atoms with Gasteiger partial charge in [0.05, 0.1) is 12.0 Å². The van der Waals surface area contributed by atoms with Gasteiger partial charge in [0.15, 0.2) is 0 Å². The van der Waals surface area contributed by atoms with Gasteiger partial charge < -0.3 is 10.0 Å². The number of amides is 1. The molecule has 64 valence electrons. The standard InChI is InChI=1S/C8H15NO2/c1-3-9-5-4-8(2,6-10)7(9)11/h10H,3-6H2,1-2H3. The Kier molecular flexibility index (Phi) is 2.18. The van der Waals surface area contributed by atoms with E-state index >= 15 is 0 Å². The smallest absolute Gasteiger partial charge is 0.230 e. The van der Waals surface area contributed by atoms with Gasteiger partial charge >= 0.3 is 0 Å². The summed E-state index contributed by atoms with van der Waals surface area (Å²) in [6.45, 7) is 5.31. The van der Waals surface area contributed by atoms with Crippen LogP contribution in [0, 0.1) is 5.41 Å². The molecule has 3 nitrogen and oxygen atoms in total. The number of carbonyl (C=O) groups excluding carboxylic acids is 1. The summed E-state index contributed by atoms with van der Waals surface area (Å²) in [5.41, 5.74) is -0.490. The summed E-state index contributed by atoms with van der Waals surface area (Å²) in [7, 11) is 0. The lowest BCUT2D eigenvalue weighted by Gasteiger charge is -2.19. The zero-order chi connectivity index (χ0) is 8.48. The topological polar surface area (TPSA) is 40.5 Å². The third-order valence-electron chi connectivity index (χ3n) is 2.47. The van der Waals surface area contributed by atoms with E-state index in [4.69, 9.17) is 5.11 Å². The normalized spacial score (nSPS) is 31.5. The van der Waals surface area contributed by atoms with Crippen LogP contribution in [0.1, 0.15) is 20.3 Å². The van der Waals surface area contributed by atoms with Crippen molar-refractivity contribution in [2.45, 2.75) is 20.3 Å². The molecular formula is C8H15NO2. The summed E-state index contributed by atoms with van der Waals surface area (Å²) < 4.78 is 0. The first kappa shape index (κ1) is 8.53. The maximum Gasteiger partial charge on any atom is 0.230 e. The average molecular weight is 157 g/mol. The van der Waals surface area contributed by atoms with Crippen LogP contribution >= 0.6 is 0 Å². The third kappa shape index (κ3) is 1.25. The molecule has 0 aromatic carbocycles. The summed E-state index contributed by atoms with van der Waals surface area (Å²) >= 11 is 0. The van der Waals surface area contributed by atoms with Crippen LogP contribution in [-0.4, -0.2) is 35.6 Å². The number of carbonyl (C=O) groups is 1. The minimum atomic E-state index is -0.490. The molecule has 0 aromatic heterocycles. The van der Waals surface area contributed by atoms with E-state index in [1.165, 1.54) is 0 Å². The van der Waals surface area contributed by atoms with Gasteiger partial charge in [-0.2, -0.15) is 0 Å². The van der Waals surface area contributed by atoms with E-state index in [2.05, 4.69) is 0 Å². The molecule has 0 aliphatic carbocycles. The third-order valence-corrected chi connectivity index (χ3v) is 2.47. The largest absolute Gasteiger partial charge is 0.395 e. The maximum atomic E-state index is 11.5. The predicted molar refractivity (Wildman–Crippen MR) is 42.1 cm³/mol. The quantitative estimate of drug-likeness (QED) is 0.623.